The zero-order chi connectivity index (χ0) is 72.7. The molecule has 6 aromatic carbocycles. The number of aromatic nitrogens is 2. The lowest BCUT2D eigenvalue weighted by Crippen LogP contribution is -2.35. The molecule has 2 aliphatic rings. The van der Waals surface area contributed by atoms with Gasteiger partial charge in [-0.2, -0.15) is 13.2 Å². The minimum absolute atomic E-state index is 0. The van der Waals surface area contributed by atoms with Gasteiger partial charge >= 0.3 is 33.2 Å². The number of carbonyl (C=O) groups is 7. The average molecular weight is 1460 g/mol. The summed E-state index contributed by atoms with van der Waals surface area (Å²) in [5, 5.41) is 17.2. The van der Waals surface area contributed by atoms with E-state index in [0.717, 1.165) is 15.8 Å². The van der Waals surface area contributed by atoms with Crippen LogP contribution in [0.5, 0.6) is 34.5 Å². The number of phenols is 1. The van der Waals surface area contributed by atoms with Crippen LogP contribution in [-0.4, -0.2) is 138 Å². The van der Waals surface area contributed by atoms with Crippen LogP contribution in [0, 0.1) is 11.6 Å². The fraction of sp³-hybridized carbons (Fsp3) is 0.300. The van der Waals surface area contributed by atoms with Crippen molar-refractivity contribution in [2.45, 2.75) is 92.2 Å². The molecule has 2 aromatic heterocycles. The molecule has 23 nitrogen and oxygen atoms in total. The van der Waals surface area contributed by atoms with Gasteiger partial charge in [0.05, 0.1) is 69.6 Å². The van der Waals surface area contributed by atoms with Crippen LogP contribution in [0.2, 0.25) is 25.7 Å². The number of fused-ring (bicyclic) bond motifs is 4. The molecular formula is C70H75F5N6O17P2Si. The molecule has 101 heavy (non-hydrogen) atoms. The van der Waals surface area contributed by atoms with Crippen molar-refractivity contribution in [2.24, 2.45) is 0 Å². The van der Waals surface area contributed by atoms with Gasteiger partial charge in [-0.3, -0.25) is 62.5 Å². The van der Waals surface area contributed by atoms with Gasteiger partial charge in [-0.25, -0.2) is 19.0 Å². The number of esters is 2. The van der Waals surface area contributed by atoms with Crippen LogP contribution in [0.4, 0.5) is 22.0 Å². The van der Waals surface area contributed by atoms with Crippen LogP contribution in [0.3, 0.4) is 0 Å². The molecule has 4 atom stereocenters. The summed E-state index contributed by atoms with van der Waals surface area (Å²) in [4.78, 5) is 99.5. The fourth-order valence-electron chi connectivity index (χ4n) is 10.1. The number of benzene rings is 6. The van der Waals surface area contributed by atoms with E-state index in [1.807, 2.05) is 0 Å². The largest absolute Gasteiger partial charge is 0.505 e. The number of aldehydes is 1. The monoisotopic (exact) mass is 1460 g/mol. The Morgan fingerprint density at radius 1 is 0.564 bits per heavy atom. The van der Waals surface area contributed by atoms with E-state index < -0.39 is 101 Å². The summed E-state index contributed by atoms with van der Waals surface area (Å²) in [7, 11) is -9.19. The Balaban J connectivity index is 0.000000261. The maximum Gasteiger partial charge on any atom is 0.446 e. The summed E-state index contributed by atoms with van der Waals surface area (Å²) in [6.45, 7) is 12.7. The molecule has 8 aromatic rings. The number of para-hydroxylation sites is 2. The number of rotatable bonds is 28. The number of amides is 4. The Labute approximate surface area is 579 Å². The number of halogens is 5. The van der Waals surface area contributed by atoms with Gasteiger partial charge in [-0.15, -0.1) is 0 Å². The molecule has 0 spiro atoms. The van der Waals surface area contributed by atoms with E-state index >= 15 is 0 Å². The summed E-state index contributed by atoms with van der Waals surface area (Å²) >= 11 is 0. The maximum absolute atomic E-state index is 14.2. The van der Waals surface area contributed by atoms with Crippen molar-refractivity contribution in [3.05, 3.63) is 191 Å². The van der Waals surface area contributed by atoms with Gasteiger partial charge in [0.15, 0.2) is 11.5 Å². The van der Waals surface area contributed by atoms with Crippen LogP contribution in [-0.2, 0) is 46.1 Å². The zero-order valence-electron chi connectivity index (χ0n) is 55.2. The van der Waals surface area contributed by atoms with E-state index in [-0.39, 0.29) is 115 Å². The minimum atomic E-state index is -4.64. The van der Waals surface area contributed by atoms with Crippen LogP contribution < -0.4 is 33.4 Å². The smallest absolute Gasteiger partial charge is 0.446 e. The normalized spacial score (nSPS) is 14.3. The lowest BCUT2D eigenvalue weighted by Gasteiger charge is -2.24. The third-order valence-electron chi connectivity index (χ3n) is 14.9. The van der Waals surface area contributed by atoms with Gasteiger partial charge < -0.3 is 37.8 Å². The molecule has 2 unspecified atom stereocenters. The van der Waals surface area contributed by atoms with Crippen LogP contribution >= 0.6 is 15.0 Å². The molecule has 0 saturated carbocycles. The predicted octanol–water partition coefficient (Wildman–Crippen LogP) is 13.5. The van der Waals surface area contributed by atoms with Crippen molar-refractivity contribution in [2.75, 3.05) is 45.4 Å². The van der Waals surface area contributed by atoms with E-state index in [2.05, 4.69) is 39.8 Å². The summed E-state index contributed by atoms with van der Waals surface area (Å²) in [5.41, 5.74) is 0.958. The highest BCUT2D eigenvalue weighted by molar-refractivity contribution is 7.57. The van der Waals surface area contributed by atoms with Crippen molar-refractivity contribution >= 4 is 86.8 Å². The maximum atomic E-state index is 14.2. The second kappa shape index (κ2) is 34.4. The quantitative estimate of drug-likeness (QED) is 0.0102. The first-order valence-corrected chi connectivity index (χ1v) is 38.6. The van der Waals surface area contributed by atoms with Crippen molar-refractivity contribution in [3.63, 3.8) is 0 Å². The van der Waals surface area contributed by atoms with Gasteiger partial charge in [0.25, 0.3) is 23.6 Å². The first-order valence-electron chi connectivity index (χ1n) is 31.2. The van der Waals surface area contributed by atoms with Crippen molar-refractivity contribution in [3.8, 4) is 34.5 Å². The molecule has 4 amide bonds. The van der Waals surface area contributed by atoms with Crippen molar-refractivity contribution in [1.82, 2.24) is 29.9 Å². The number of hydrogen-bond acceptors (Lipinski definition) is 19. The topological polar surface area (TPSA) is 295 Å². The number of phenolic OH excluding ortho intramolecular Hbond substituents is 1. The summed E-state index contributed by atoms with van der Waals surface area (Å²) in [6.07, 6.45) is -3.21. The summed E-state index contributed by atoms with van der Waals surface area (Å²) < 4.78 is 127. The van der Waals surface area contributed by atoms with E-state index in [0.29, 0.717) is 34.4 Å². The van der Waals surface area contributed by atoms with E-state index in [9.17, 15) is 65.0 Å². The number of nitrogens with zero attached hydrogens (tertiary/aromatic N) is 4. The fourth-order valence-corrected chi connectivity index (χ4v) is 14.4. The van der Waals surface area contributed by atoms with E-state index in [1.54, 1.807) is 105 Å². The first-order chi connectivity index (χ1) is 47.5. The Morgan fingerprint density at radius 2 is 0.931 bits per heavy atom. The highest BCUT2D eigenvalue weighted by atomic mass is 31.2. The molecule has 31 heteroatoms. The molecule has 3 N–H and O–H groups in total. The Morgan fingerprint density at radius 3 is 1.33 bits per heavy atom. The van der Waals surface area contributed by atoms with E-state index in [1.165, 1.54) is 68.6 Å². The molecule has 536 valence electrons. The van der Waals surface area contributed by atoms with Crippen molar-refractivity contribution < 1.29 is 102 Å². The molecule has 0 radical (unpaired) electrons. The minimum Gasteiger partial charge on any atom is -0.505 e. The standard InChI is InChI=1S/C36H41FN3O8PSi.C31H29FN3O8P.C2HF3O.CH4/c1-6-45-36(43)24(2)39-49(44,48-27-11-8-7-9-12-27)21-19-46-32-28-13-10-18-38-31(28)33(47-20-22-50(3,4)5)30-29(32)34(41)40(35(30)42)23-25-14-16-26(37)17-15-25;1-3-41-31(39)19(2)34-44(40,43-22-8-5-4-6-9-22)17-16-42-28-23-10-7-15-33-26(23)27(36)24-25(28)30(38)35(29(24)37)18-20-11-13-21(32)14-12-20;3-2(4,5)1-6;/h7-18,24H,6,19-23H2,1-5H3,(H,39,44);4-15,19,36H,3,16-18H2,1-2H3,(H,34,40);1H;1H4/t24-,49?;19-,44?;;/m00../s1. The Hall–Kier alpha value is -9.92. The number of hydrogen-bond donors (Lipinski definition) is 3. The number of ether oxygens (including phenoxy) is 5. The molecule has 0 fully saturated rings. The van der Waals surface area contributed by atoms with Gasteiger partial charge in [0.1, 0.15) is 68.9 Å². The first kappa shape index (κ1) is 78.4. The average Bonchev–Trinajstić information content (AvgIpc) is 1.60. The number of aromatic hydroxyl groups is 1. The Kier molecular flexibility index (Phi) is 26.7. The van der Waals surface area contributed by atoms with Crippen LogP contribution in [0.25, 0.3) is 21.8 Å². The SMILES string of the molecule is C.CCOC(=O)[C@H](C)NP(=O)(CCOc1c2c(c(O)c3ncccc13)C(=O)N(Cc1ccc(F)cc1)C2=O)Oc1ccccc1.CCOC(=O)[C@H](C)NP(=O)(CCOc1c2c(c(OCC[Si](C)(C)C)c3ncccc13)C(=O)N(Cc1ccc(F)cc1)C2=O)Oc1ccccc1.O=CC(F)(F)F. The highest BCUT2D eigenvalue weighted by Gasteiger charge is 2.45. The molecule has 2 aliphatic heterocycles. The lowest BCUT2D eigenvalue weighted by molar-refractivity contribution is -0.156. The molecule has 0 aliphatic carbocycles. The zero-order valence-corrected chi connectivity index (χ0v) is 58.0. The van der Waals surface area contributed by atoms with E-state index in [4.69, 9.17) is 37.5 Å². The highest BCUT2D eigenvalue weighted by Crippen LogP contribution is 2.49. The number of nitrogens with one attached hydrogen (secondary N) is 2. The Bertz CT molecular complexity index is 4410. The molecular weight excluding hydrogens is 1380 g/mol. The number of alkyl halides is 3. The molecule has 4 heterocycles. The van der Waals surface area contributed by atoms with Crippen LogP contribution in [0.15, 0.2) is 146 Å². The molecule has 10 rings (SSSR count). The molecule has 0 saturated heterocycles. The third-order valence-corrected chi connectivity index (χ3v) is 20.7. The number of carbonyl (C=O) groups excluding carboxylic acids is 7. The van der Waals surface area contributed by atoms with Gasteiger partial charge in [-0.1, -0.05) is 87.7 Å². The predicted molar refractivity (Wildman–Crippen MR) is 367 cm³/mol. The summed E-state index contributed by atoms with van der Waals surface area (Å²) in [5.74, 6) is -4.52. The van der Waals surface area contributed by atoms with Gasteiger partial charge in [-0.05, 0) is 118 Å². The number of imide groups is 2. The second-order valence-corrected chi connectivity index (χ2v) is 33.7. The van der Waals surface area contributed by atoms with Gasteiger partial charge in [0, 0.05) is 31.2 Å². The van der Waals surface area contributed by atoms with Crippen LogP contribution in [0.1, 0.15) is 87.7 Å². The number of pyridine rings is 2. The second-order valence-electron chi connectivity index (χ2n) is 23.6. The van der Waals surface area contributed by atoms with Crippen molar-refractivity contribution in [1.29, 1.82) is 0 Å². The summed E-state index contributed by atoms with van der Waals surface area (Å²) in [6, 6.07) is 33.1. The molecule has 0 bridgehead atoms. The van der Waals surface area contributed by atoms with Gasteiger partial charge in [0.2, 0.25) is 6.29 Å². The third kappa shape index (κ3) is 20.2. The lowest BCUT2D eigenvalue weighted by atomic mass is 10.0.